The SMILES string of the molecule is COc1ccc(C(=O)NCC(=O)Nc2ccc(OC)c(N3CCCC3=O)c2)cc1. The Morgan fingerprint density at radius 3 is 2.45 bits per heavy atom. The van der Waals surface area contributed by atoms with E-state index in [4.69, 9.17) is 9.47 Å². The molecule has 2 aromatic rings. The van der Waals surface area contributed by atoms with Crippen molar-refractivity contribution in [2.24, 2.45) is 0 Å². The van der Waals surface area contributed by atoms with E-state index in [1.54, 1.807) is 54.5 Å². The van der Waals surface area contributed by atoms with Crippen molar-refractivity contribution in [1.29, 1.82) is 0 Å². The molecule has 0 saturated carbocycles. The van der Waals surface area contributed by atoms with Crippen LogP contribution in [0.4, 0.5) is 11.4 Å². The van der Waals surface area contributed by atoms with Crippen molar-refractivity contribution < 1.29 is 23.9 Å². The van der Waals surface area contributed by atoms with Gasteiger partial charge in [0.15, 0.2) is 0 Å². The summed E-state index contributed by atoms with van der Waals surface area (Å²) in [5.41, 5.74) is 1.57. The Morgan fingerprint density at radius 2 is 1.83 bits per heavy atom. The van der Waals surface area contributed by atoms with Crippen LogP contribution in [0.15, 0.2) is 42.5 Å². The van der Waals surface area contributed by atoms with E-state index < -0.39 is 0 Å². The smallest absolute Gasteiger partial charge is 0.251 e. The minimum atomic E-state index is -0.379. The van der Waals surface area contributed by atoms with Crippen molar-refractivity contribution in [1.82, 2.24) is 5.32 Å². The molecule has 0 aromatic heterocycles. The molecule has 0 spiro atoms. The molecule has 0 aliphatic carbocycles. The number of ether oxygens (including phenoxy) is 2. The second kappa shape index (κ2) is 9.09. The van der Waals surface area contributed by atoms with Gasteiger partial charge in [0.2, 0.25) is 11.8 Å². The zero-order chi connectivity index (χ0) is 20.8. The molecule has 1 saturated heterocycles. The van der Waals surface area contributed by atoms with E-state index in [1.807, 2.05) is 0 Å². The second-order valence-corrected chi connectivity index (χ2v) is 6.49. The van der Waals surface area contributed by atoms with Crippen LogP contribution in [0.5, 0.6) is 11.5 Å². The number of methoxy groups -OCH3 is 2. The molecule has 29 heavy (non-hydrogen) atoms. The fourth-order valence-electron chi connectivity index (χ4n) is 3.09. The summed E-state index contributed by atoms with van der Waals surface area (Å²) in [6.45, 7) is 0.430. The van der Waals surface area contributed by atoms with Crippen LogP contribution >= 0.6 is 0 Å². The van der Waals surface area contributed by atoms with Gasteiger partial charge in [-0.3, -0.25) is 14.4 Å². The van der Waals surface area contributed by atoms with Crippen molar-refractivity contribution in [2.75, 3.05) is 37.5 Å². The molecule has 3 rings (SSSR count). The number of amides is 3. The molecule has 0 unspecified atom stereocenters. The van der Waals surface area contributed by atoms with Crippen LogP contribution in [0.25, 0.3) is 0 Å². The molecule has 1 aliphatic heterocycles. The Hall–Kier alpha value is -3.55. The van der Waals surface area contributed by atoms with Crippen molar-refractivity contribution >= 4 is 29.1 Å². The standard InChI is InChI=1S/C21H23N3O5/c1-28-16-8-5-14(6-9-16)21(27)22-13-19(25)23-15-7-10-18(29-2)17(12-15)24-11-3-4-20(24)26/h5-10,12H,3-4,11,13H2,1-2H3,(H,22,27)(H,23,25). The summed E-state index contributed by atoms with van der Waals surface area (Å²) in [6.07, 6.45) is 1.28. The quantitative estimate of drug-likeness (QED) is 0.747. The molecule has 1 aliphatic rings. The number of carbonyl (C=O) groups excluding carboxylic acids is 3. The Bertz CT molecular complexity index is 911. The van der Waals surface area contributed by atoms with E-state index >= 15 is 0 Å². The highest BCUT2D eigenvalue weighted by molar-refractivity contribution is 6.01. The van der Waals surface area contributed by atoms with Gasteiger partial charge in [-0.25, -0.2) is 0 Å². The molecule has 3 amide bonds. The van der Waals surface area contributed by atoms with Gasteiger partial charge < -0.3 is 25.0 Å². The summed E-state index contributed by atoms with van der Waals surface area (Å²) < 4.78 is 10.4. The number of carbonyl (C=O) groups is 3. The van der Waals surface area contributed by atoms with Gasteiger partial charge >= 0.3 is 0 Å². The van der Waals surface area contributed by atoms with E-state index in [1.165, 1.54) is 7.11 Å². The van der Waals surface area contributed by atoms with Gasteiger partial charge in [0.25, 0.3) is 5.91 Å². The summed E-state index contributed by atoms with van der Waals surface area (Å²) in [7, 11) is 3.08. The molecule has 0 radical (unpaired) electrons. The molecule has 8 nitrogen and oxygen atoms in total. The maximum absolute atomic E-state index is 12.2. The number of hydrogen-bond donors (Lipinski definition) is 2. The highest BCUT2D eigenvalue weighted by Gasteiger charge is 2.25. The third kappa shape index (κ3) is 4.84. The minimum absolute atomic E-state index is 0.0264. The Balaban J connectivity index is 1.61. The van der Waals surface area contributed by atoms with Crippen molar-refractivity contribution in [2.45, 2.75) is 12.8 Å². The Kier molecular flexibility index (Phi) is 6.33. The van der Waals surface area contributed by atoms with Gasteiger partial charge in [0, 0.05) is 24.2 Å². The molecule has 8 heteroatoms. The number of benzene rings is 2. The van der Waals surface area contributed by atoms with Gasteiger partial charge in [-0.05, 0) is 48.9 Å². The van der Waals surface area contributed by atoms with Gasteiger partial charge in [0.1, 0.15) is 11.5 Å². The Labute approximate surface area is 168 Å². The molecule has 0 atom stereocenters. The number of anilines is 2. The summed E-state index contributed by atoms with van der Waals surface area (Å²) in [5.74, 6) is 0.493. The van der Waals surface area contributed by atoms with Crippen molar-refractivity contribution in [3.8, 4) is 11.5 Å². The number of rotatable bonds is 7. The molecule has 152 valence electrons. The Morgan fingerprint density at radius 1 is 1.07 bits per heavy atom. The normalized spacial score (nSPS) is 13.2. The zero-order valence-electron chi connectivity index (χ0n) is 16.4. The van der Waals surface area contributed by atoms with E-state index in [0.717, 1.165) is 6.42 Å². The fraction of sp³-hybridized carbons (Fsp3) is 0.286. The van der Waals surface area contributed by atoms with Crippen LogP contribution in [0.3, 0.4) is 0 Å². The lowest BCUT2D eigenvalue weighted by atomic mass is 10.2. The molecular formula is C21H23N3O5. The van der Waals surface area contributed by atoms with Crippen molar-refractivity contribution in [3.63, 3.8) is 0 Å². The van der Waals surface area contributed by atoms with Crippen LogP contribution < -0.4 is 25.0 Å². The molecule has 0 bridgehead atoms. The number of nitrogens with zero attached hydrogens (tertiary/aromatic N) is 1. The lowest BCUT2D eigenvalue weighted by Gasteiger charge is -2.20. The largest absolute Gasteiger partial charge is 0.497 e. The predicted molar refractivity (Wildman–Crippen MR) is 109 cm³/mol. The van der Waals surface area contributed by atoms with E-state index in [9.17, 15) is 14.4 Å². The summed E-state index contributed by atoms with van der Waals surface area (Å²) in [4.78, 5) is 38.1. The third-order valence-corrected chi connectivity index (χ3v) is 4.59. The predicted octanol–water partition coefficient (Wildman–Crippen LogP) is 2.20. The topological polar surface area (TPSA) is 97.0 Å². The zero-order valence-corrected chi connectivity index (χ0v) is 16.4. The first-order valence-corrected chi connectivity index (χ1v) is 9.22. The van der Waals surface area contributed by atoms with E-state index in [2.05, 4.69) is 10.6 Å². The minimum Gasteiger partial charge on any atom is -0.497 e. The van der Waals surface area contributed by atoms with Crippen molar-refractivity contribution in [3.05, 3.63) is 48.0 Å². The van der Waals surface area contributed by atoms with Crippen LogP contribution in [0, 0.1) is 0 Å². The average molecular weight is 397 g/mol. The number of hydrogen-bond acceptors (Lipinski definition) is 5. The van der Waals surface area contributed by atoms with Gasteiger partial charge in [-0.15, -0.1) is 0 Å². The van der Waals surface area contributed by atoms with Gasteiger partial charge in [-0.1, -0.05) is 0 Å². The lowest BCUT2D eigenvalue weighted by Crippen LogP contribution is -2.33. The highest BCUT2D eigenvalue weighted by atomic mass is 16.5. The second-order valence-electron chi connectivity index (χ2n) is 6.49. The van der Waals surface area contributed by atoms with Gasteiger partial charge in [0.05, 0.1) is 26.5 Å². The van der Waals surface area contributed by atoms with E-state index in [-0.39, 0.29) is 24.3 Å². The van der Waals surface area contributed by atoms with Crippen LogP contribution in [0.2, 0.25) is 0 Å². The first-order chi connectivity index (χ1) is 14.0. The highest BCUT2D eigenvalue weighted by Crippen LogP contribution is 2.33. The fourth-order valence-corrected chi connectivity index (χ4v) is 3.09. The van der Waals surface area contributed by atoms with E-state index in [0.29, 0.717) is 41.4 Å². The molecule has 1 fully saturated rings. The summed E-state index contributed by atoms with van der Waals surface area (Å²) >= 11 is 0. The molecule has 2 aromatic carbocycles. The molecule has 1 heterocycles. The van der Waals surface area contributed by atoms with Crippen LogP contribution in [0.1, 0.15) is 23.2 Å². The monoisotopic (exact) mass is 397 g/mol. The van der Waals surface area contributed by atoms with Crippen LogP contribution in [-0.4, -0.2) is 45.0 Å². The average Bonchev–Trinajstić information content (AvgIpc) is 3.17. The lowest BCUT2D eigenvalue weighted by molar-refractivity contribution is -0.117. The first-order valence-electron chi connectivity index (χ1n) is 9.22. The van der Waals surface area contributed by atoms with Crippen LogP contribution in [-0.2, 0) is 9.59 Å². The summed E-state index contributed by atoms with van der Waals surface area (Å²) in [5, 5.41) is 5.30. The number of nitrogens with one attached hydrogen (secondary N) is 2. The first kappa shape index (κ1) is 20.2. The maximum Gasteiger partial charge on any atom is 0.251 e. The molecular weight excluding hydrogens is 374 g/mol. The van der Waals surface area contributed by atoms with Gasteiger partial charge in [-0.2, -0.15) is 0 Å². The molecule has 2 N–H and O–H groups in total. The summed E-state index contributed by atoms with van der Waals surface area (Å²) in [6, 6.07) is 11.7. The third-order valence-electron chi connectivity index (χ3n) is 4.59. The maximum atomic E-state index is 12.2.